The van der Waals surface area contributed by atoms with Crippen molar-refractivity contribution in [3.05, 3.63) is 35.4 Å². The lowest BCUT2D eigenvalue weighted by atomic mass is 10.1. The van der Waals surface area contributed by atoms with Gasteiger partial charge >= 0.3 is 0 Å². The predicted molar refractivity (Wildman–Crippen MR) is 60.6 cm³/mol. The summed E-state index contributed by atoms with van der Waals surface area (Å²) in [6.45, 7) is 0. The Kier molecular flexibility index (Phi) is 3.44. The highest BCUT2D eigenvalue weighted by Gasteiger charge is 2.12. The molecule has 2 rings (SSSR count). The molecule has 1 aromatic heterocycles. The van der Waals surface area contributed by atoms with Gasteiger partial charge in [0.25, 0.3) is 0 Å². The Labute approximate surface area is 94.2 Å². The molecule has 0 fully saturated rings. The first-order valence-electron chi connectivity index (χ1n) is 5.62. The topological polar surface area (TPSA) is 30.0 Å². The maximum Gasteiger partial charge on any atom is 0.168 e. The number of pyridine rings is 1. The van der Waals surface area contributed by atoms with E-state index in [9.17, 15) is 9.18 Å². The van der Waals surface area contributed by atoms with Crippen molar-refractivity contribution >= 4 is 11.9 Å². The minimum Gasteiger partial charge on any atom is -0.296 e. The summed E-state index contributed by atoms with van der Waals surface area (Å²) in [6, 6.07) is 2.72. The Morgan fingerprint density at radius 3 is 2.94 bits per heavy atom. The summed E-state index contributed by atoms with van der Waals surface area (Å²) in [7, 11) is 0. The molecule has 0 amide bonds. The van der Waals surface area contributed by atoms with Gasteiger partial charge in [-0.25, -0.2) is 9.37 Å². The Morgan fingerprint density at radius 1 is 1.25 bits per heavy atom. The molecule has 0 atom stereocenters. The fourth-order valence-electron chi connectivity index (χ4n) is 1.98. The zero-order chi connectivity index (χ0) is 11.4. The number of nitrogens with zero attached hydrogens (tertiary/aromatic N) is 1. The highest BCUT2D eigenvalue weighted by Crippen LogP contribution is 2.26. The second-order valence-corrected chi connectivity index (χ2v) is 4.01. The van der Waals surface area contributed by atoms with Gasteiger partial charge in [0.15, 0.2) is 6.29 Å². The average Bonchev–Trinajstić information content (AvgIpc) is 2.58. The number of aromatic nitrogens is 1. The number of hydrogen-bond acceptors (Lipinski definition) is 2. The molecule has 0 saturated carbocycles. The van der Waals surface area contributed by atoms with Gasteiger partial charge < -0.3 is 0 Å². The van der Waals surface area contributed by atoms with Crippen LogP contribution in [-0.4, -0.2) is 11.3 Å². The van der Waals surface area contributed by atoms with Gasteiger partial charge in [0.2, 0.25) is 0 Å². The molecule has 1 aliphatic rings. The van der Waals surface area contributed by atoms with Crippen LogP contribution in [0.25, 0.3) is 5.57 Å². The van der Waals surface area contributed by atoms with Gasteiger partial charge in [0, 0.05) is 0 Å². The Balaban J connectivity index is 2.37. The van der Waals surface area contributed by atoms with Crippen LogP contribution >= 0.6 is 0 Å². The van der Waals surface area contributed by atoms with Gasteiger partial charge in [-0.2, -0.15) is 0 Å². The van der Waals surface area contributed by atoms with E-state index in [0.29, 0.717) is 17.7 Å². The number of carbonyl (C=O) groups is 1. The number of rotatable bonds is 2. The van der Waals surface area contributed by atoms with Crippen LogP contribution in [0.4, 0.5) is 4.39 Å². The van der Waals surface area contributed by atoms with Crippen molar-refractivity contribution in [2.75, 3.05) is 0 Å². The SMILES string of the molecule is O=Cc1ccc(F)c(C2=CCCCCC2)n1. The number of hydrogen-bond donors (Lipinski definition) is 0. The van der Waals surface area contributed by atoms with E-state index in [1.54, 1.807) is 0 Å². The van der Waals surface area contributed by atoms with Crippen molar-refractivity contribution in [3.8, 4) is 0 Å². The maximum atomic E-state index is 13.6. The van der Waals surface area contributed by atoms with Crippen molar-refractivity contribution in [1.82, 2.24) is 4.98 Å². The Bertz CT molecular complexity index is 426. The summed E-state index contributed by atoms with van der Waals surface area (Å²) in [6.07, 6.45) is 7.92. The van der Waals surface area contributed by atoms with Crippen molar-refractivity contribution in [2.24, 2.45) is 0 Å². The van der Waals surface area contributed by atoms with E-state index >= 15 is 0 Å². The van der Waals surface area contributed by atoms with Crippen LogP contribution in [0.2, 0.25) is 0 Å². The number of halogens is 1. The lowest BCUT2D eigenvalue weighted by molar-refractivity contribution is 0.111. The van der Waals surface area contributed by atoms with Crippen LogP contribution in [0.15, 0.2) is 18.2 Å². The number of allylic oxidation sites excluding steroid dienone is 2. The highest BCUT2D eigenvalue weighted by atomic mass is 19.1. The molecule has 1 heterocycles. The second-order valence-electron chi connectivity index (χ2n) is 4.01. The van der Waals surface area contributed by atoms with E-state index in [4.69, 9.17) is 0 Å². The molecule has 0 radical (unpaired) electrons. The molecule has 84 valence electrons. The molecule has 1 aromatic rings. The van der Waals surface area contributed by atoms with Crippen LogP contribution in [0.5, 0.6) is 0 Å². The van der Waals surface area contributed by atoms with E-state index in [1.165, 1.54) is 18.6 Å². The van der Waals surface area contributed by atoms with Gasteiger partial charge in [0.1, 0.15) is 17.2 Å². The molecule has 16 heavy (non-hydrogen) atoms. The fraction of sp³-hybridized carbons (Fsp3) is 0.385. The minimum atomic E-state index is -0.334. The van der Waals surface area contributed by atoms with Crippen molar-refractivity contribution in [2.45, 2.75) is 32.1 Å². The molecular formula is C13H14FNO. The van der Waals surface area contributed by atoms with Crippen LogP contribution in [0, 0.1) is 5.82 Å². The molecule has 0 N–H and O–H groups in total. The van der Waals surface area contributed by atoms with Gasteiger partial charge in [-0.3, -0.25) is 4.79 Å². The maximum absolute atomic E-state index is 13.6. The van der Waals surface area contributed by atoms with Gasteiger partial charge in [-0.1, -0.05) is 12.5 Å². The van der Waals surface area contributed by atoms with E-state index in [-0.39, 0.29) is 5.82 Å². The van der Waals surface area contributed by atoms with Crippen molar-refractivity contribution in [3.63, 3.8) is 0 Å². The zero-order valence-electron chi connectivity index (χ0n) is 9.08. The van der Waals surface area contributed by atoms with E-state index < -0.39 is 0 Å². The molecule has 0 bridgehead atoms. The highest BCUT2D eigenvalue weighted by molar-refractivity contribution is 5.73. The van der Waals surface area contributed by atoms with Gasteiger partial charge in [-0.05, 0) is 43.4 Å². The van der Waals surface area contributed by atoms with Crippen LogP contribution < -0.4 is 0 Å². The lowest BCUT2D eigenvalue weighted by Gasteiger charge is -2.06. The van der Waals surface area contributed by atoms with Gasteiger partial charge in [-0.15, -0.1) is 0 Å². The van der Waals surface area contributed by atoms with E-state index in [1.807, 2.05) is 6.08 Å². The quantitative estimate of drug-likeness (QED) is 0.714. The normalized spacial score (nSPS) is 16.4. The third kappa shape index (κ3) is 2.35. The minimum absolute atomic E-state index is 0.293. The van der Waals surface area contributed by atoms with Crippen molar-refractivity contribution < 1.29 is 9.18 Å². The Hall–Kier alpha value is -1.51. The van der Waals surface area contributed by atoms with Crippen LogP contribution in [0.3, 0.4) is 0 Å². The zero-order valence-corrected chi connectivity index (χ0v) is 9.08. The third-order valence-corrected chi connectivity index (χ3v) is 2.83. The van der Waals surface area contributed by atoms with E-state index in [0.717, 1.165) is 31.3 Å². The summed E-state index contributed by atoms with van der Waals surface area (Å²) < 4.78 is 13.6. The first-order valence-corrected chi connectivity index (χ1v) is 5.62. The summed E-state index contributed by atoms with van der Waals surface area (Å²) in [5.74, 6) is -0.334. The molecule has 0 spiro atoms. The van der Waals surface area contributed by atoms with Crippen LogP contribution in [-0.2, 0) is 0 Å². The first-order chi connectivity index (χ1) is 7.81. The first kappa shape index (κ1) is 11.0. The molecule has 0 aliphatic heterocycles. The second kappa shape index (κ2) is 5.01. The predicted octanol–water partition coefficient (Wildman–Crippen LogP) is 3.38. The number of aldehydes is 1. The average molecular weight is 219 g/mol. The number of carbonyl (C=O) groups excluding carboxylic acids is 1. The monoisotopic (exact) mass is 219 g/mol. The standard InChI is InChI=1S/C13H14FNO/c14-12-8-7-11(9-16)15-13(12)10-5-3-1-2-4-6-10/h5,7-9H,1-4,6H2. The summed E-state index contributed by atoms with van der Waals surface area (Å²) in [4.78, 5) is 14.7. The fourth-order valence-corrected chi connectivity index (χ4v) is 1.98. The molecular weight excluding hydrogens is 205 g/mol. The summed E-state index contributed by atoms with van der Waals surface area (Å²) >= 11 is 0. The Morgan fingerprint density at radius 2 is 2.12 bits per heavy atom. The largest absolute Gasteiger partial charge is 0.296 e. The van der Waals surface area contributed by atoms with E-state index in [2.05, 4.69) is 4.98 Å². The smallest absolute Gasteiger partial charge is 0.168 e. The molecule has 0 unspecified atom stereocenters. The summed E-state index contributed by atoms with van der Waals surface area (Å²) in [5, 5.41) is 0. The van der Waals surface area contributed by atoms with Crippen molar-refractivity contribution in [1.29, 1.82) is 0 Å². The van der Waals surface area contributed by atoms with Crippen LogP contribution in [0.1, 0.15) is 48.3 Å². The van der Waals surface area contributed by atoms with Gasteiger partial charge in [0.05, 0.1) is 0 Å². The summed E-state index contributed by atoms with van der Waals surface area (Å²) in [5.41, 5.74) is 1.59. The molecule has 1 aliphatic carbocycles. The molecule has 2 nitrogen and oxygen atoms in total. The molecule has 0 aromatic carbocycles. The molecule has 0 saturated heterocycles. The lowest BCUT2D eigenvalue weighted by Crippen LogP contribution is -1.98. The third-order valence-electron chi connectivity index (χ3n) is 2.83. The molecule has 3 heteroatoms.